The average molecular weight is 376 g/mol. The number of nitrogens with one attached hydrogen (secondary N) is 1. The Bertz CT molecular complexity index is 1100. The number of benzene rings is 2. The van der Waals surface area contributed by atoms with Gasteiger partial charge in [0.05, 0.1) is 11.0 Å². The summed E-state index contributed by atoms with van der Waals surface area (Å²) in [6.07, 6.45) is 0.665. The summed E-state index contributed by atoms with van der Waals surface area (Å²) in [4.78, 5) is 41.5. The van der Waals surface area contributed by atoms with Gasteiger partial charge in [0.15, 0.2) is 0 Å². The number of carboxylic acids is 1. The normalized spacial score (nSPS) is 16.1. The molecule has 1 fully saturated rings. The first-order valence-corrected chi connectivity index (χ1v) is 9.21. The first-order chi connectivity index (χ1) is 13.5. The van der Waals surface area contributed by atoms with Crippen molar-refractivity contribution in [2.45, 2.75) is 18.3 Å². The quantitative estimate of drug-likeness (QED) is 0.735. The van der Waals surface area contributed by atoms with Crippen LogP contribution in [-0.2, 0) is 10.2 Å². The van der Waals surface area contributed by atoms with Crippen molar-refractivity contribution in [3.8, 4) is 0 Å². The molecule has 0 bridgehead atoms. The number of hydrogen-bond donors (Lipinski definition) is 2. The van der Waals surface area contributed by atoms with E-state index in [-0.39, 0.29) is 11.5 Å². The van der Waals surface area contributed by atoms with E-state index >= 15 is 0 Å². The number of hydrogen-bond acceptors (Lipinski definition) is 3. The zero-order valence-electron chi connectivity index (χ0n) is 15.2. The van der Waals surface area contributed by atoms with Crippen LogP contribution in [-0.4, -0.2) is 40.0 Å². The highest BCUT2D eigenvalue weighted by atomic mass is 16.4. The molecule has 6 heteroatoms. The summed E-state index contributed by atoms with van der Waals surface area (Å²) >= 11 is 0. The van der Waals surface area contributed by atoms with E-state index in [0.717, 1.165) is 5.56 Å². The van der Waals surface area contributed by atoms with Gasteiger partial charge in [0.2, 0.25) is 5.56 Å². The number of carbonyl (C=O) groups excluding carboxylic acids is 1. The molecular weight excluding hydrogens is 356 g/mol. The van der Waals surface area contributed by atoms with Gasteiger partial charge in [-0.25, -0.2) is 0 Å². The maximum absolute atomic E-state index is 13.1. The van der Waals surface area contributed by atoms with E-state index in [4.69, 9.17) is 0 Å². The lowest BCUT2D eigenvalue weighted by atomic mass is 9.72. The number of likely N-dealkylation sites (tertiary alicyclic amines) is 1. The van der Waals surface area contributed by atoms with Crippen LogP contribution in [0.4, 0.5) is 0 Å². The van der Waals surface area contributed by atoms with Gasteiger partial charge >= 0.3 is 5.97 Å². The van der Waals surface area contributed by atoms with Crippen molar-refractivity contribution < 1.29 is 14.7 Å². The number of para-hydroxylation sites is 1. The molecule has 1 aromatic heterocycles. The number of amides is 1. The van der Waals surface area contributed by atoms with Crippen molar-refractivity contribution >= 4 is 22.8 Å². The summed E-state index contributed by atoms with van der Waals surface area (Å²) in [5, 5.41) is 10.6. The van der Waals surface area contributed by atoms with Crippen LogP contribution in [0.15, 0.2) is 65.5 Å². The Morgan fingerprint density at radius 1 is 0.964 bits per heavy atom. The van der Waals surface area contributed by atoms with Crippen LogP contribution in [0.25, 0.3) is 10.9 Å². The SMILES string of the molecule is O=C(c1cc(=O)[nH]c2ccccc12)N1CCC(C(=O)O)(c2ccccc2)CC1. The van der Waals surface area contributed by atoms with Crippen molar-refractivity contribution in [2.24, 2.45) is 0 Å². The fourth-order valence-corrected chi connectivity index (χ4v) is 4.03. The standard InChI is InChI=1S/C22H20N2O4/c25-19-14-17(16-8-4-5-9-18(16)23-19)20(26)24-12-10-22(11-13-24,21(27)28)15-6-2-1-3-7-15/h1-9,14H,10-13H2,(H,23,25)(H,27,28). The second-order valence-corrected chi connectivity index (χ2v) is 7.14. The van der Waals surface area contributed by atoms with Crippen molar-refractivity contribution in [1.29, 1.82) is 0 Å². The molecule has 0 spiro atoms. The van der Waals surface area contributed by atoms with Crippen molar-refractivity contribution in [3.63, 3.8) is 0 Å². The average Bonchev–Trinajstić information content (AvgIpc) is 2.73. The molecule has 3 aromatic rings. The highest BCUT2D eigenvalue weighted by Gasteiger charge is 2.44. The van der Waals surface area contributed by atoms with Crippen LogP contribution < -0.4 is 5.56 Å². The van der Waals surface area contributed by atoms with Crippen LogP contribution in [0, 0.1) is 0 Å². The fraction of sp³-hybridized carbons (Fsp3) is 0.227. The molecule has 1 aliphatic rings. The maximum atomic E-state index is 13.1. The lowest BCUT2D eigenvalue weighted by Crippen LogP contribution is -2.49. The Hall–Kier alpha value is -3.41. The van der Waals surface area contributed by atoms with Crippen LogP contribution in [0.3, 0.4) is 0 Å². The fourth-order valence-electron chi connectivity index (χ4n) is 4.03. The van der Waals surface area contributed by atoms with Crippen LogP contribution in [0.1, 0.15) is 28.8 Å². The highest BCUT2D eigenvalue weighted by Crippen LogP contribution is 2.36. The Morgan fingerprint density at radius 3 is 2.29 bits per heavy atom. The molecule has 2 aromatic carbocycles. The van der Waals surface area contributed by atoms with Gasteiger partial charge in [-0.05, 0) is 24.5 Å². The minimum atomic E-state index is -0.992. The molecule has 28 heavy (non-hydrogen) atoms. The number of rotatable bonds is 3. The molecular formula is C22H20N2O4. The van der Waals surface area contributed by atoms with Gasteiger partial charge < -0.3 is 15.0 Å². The van der Waals surface area contributed by atoms with E-state index in [1.807, 2.05) is 36.4 Å². The zero-order valence-corrected chi connectivity index (χ0v) is 15.2. The number of H-pyrrole nitrogens is 1. The molecule has 2 N–H and O–H groups in total. The number of nitrogens with zero attached hydrogens (tertiary/aromatic N) is 1. The predicted molar refractivity (Wildman–Crippen MR) is 105 cm³/mol. The van der Waals surface area contributed by atoms with Crippen molar-refractivity contribution in [3.05, 3.63) is 82.1 Å². The smallest absolute Gasteiger partial charge is 0.314 e. The second kappa shape index (κ2) is 6.96. The van der Waals surface area contributed by atoms with Crippen LogP contribution in [0.2, 0.25) is 0 Å². The summed E-state index contributed by atoms with van der Waals surface area (Å²) in [5.41, 5.74) is 0.398. The first kappa shape index (κ1) is 18.0. The highest BCUT2D eigenvalue weighted by molar-refractivity contribution is 6.06. The topological polar surface area (TPSA) is 90.5 Å². The number of carbonyl (C=O) groups is 2. The lowest BCUT2D eigenvalue weighted by Gasteiger charge is -2.39. The van der Waals surface area contributed by atoms with E-state index in [1.165, 1.54) is 6.07 Å². The third-order valence-corrected chi connectivity index (χ3v) is 5.62. The minimum Gasteiger partial charge on any atom is -0.481 e. The number of aromatic amines is 1. The molecule has 6 nitrogen and oxygen atoms in total. The number of pyridine rings is 1. The Balaban J connectivity index is 1.63. The first-order valence-electron chi connectivity index (χ1n) is 9.21. The summed E-state index contributed by atoms with van der Waals surface area (Å²) in [7, 11) is 0. The molecule has 0 atom stereocenters. The maximum Gasteiger partial charge on any atom is 0.314 e. The molecule has 0 saturated carbocycles. The molecule has 0 aliphatic carbocycles. The summed E-state index contributed by atoms with van der Waals surface area (Å²) in [5.74, 6) is -1.11. The van der Waals surface area contributed by atoms with Crippen molar-refractivity contribution in [1.82, 2.24) is 9.88 Å². The third-order valence-electron chi connectivity index (χ3n) is 5.62. The summed E-state index contributed by atoms with van der Waals surface area (Å²) < 4.78 is 0. The van der Waals surface area contributed by atoms with Gasteiger partial charge in [-0.1, -0.05) is 48.5 Å². The second-order valence-electron chi connectivity index (χ2n) is 7.14. The van der Waals surface area contributed by atoms with Gasteiger partial charge in [-0.15, -0.1) is 0 Å². The molecule has 0 unspecified atom stereocenters. The van der Waals surface area contributed by atoms with E-state index in [9.17, 15) is 19.5 Å². The van der Waals surface area contributed by atoms with Gasteiger partial charge in [0.1, 0.15) is 0 Å². The predicted octanol–water partition coefficient (Wildman–Crippen LogP) is 2.79. The third kappa shape index (κ3) is 2.97. The Morgan fingerprint density at radius 2 is 1.61 bits per heavy atom. The van der Waals surface area contributed by atoms with Gasteiger partial charge in [0.25, 0.3) is 5.91 Å². The monoisotopic (exact) mass is 376 g/mol. The molecule has 4 rings (SSSR count). The van der Waals surface area contributed by atoms with Gasteiger partial charge in [-0.2, -0.15) is 0 Å². The molecule has 0 radical (unpaired) electrons. The zero-order chi connectivity index (χ0) is 19.7. The number of fused-ring (bicyclic) bond motifs is 1. The van der Waals surface area contributed by atoms with E-state index in [1.54, 1.807) is 23.1 Å². The largest absolute Gasteiger partial charge is 0.481 e. The minimum absolute atomic E-state index is 0.241. The molecule has 142 valence electrons. The Labute approximate surface area is 161 Å². The van der Waals surface area contributed by atoms with Crippen LogP contribution >= 0.6 is 0 Å². The number of carboxylic acid groups (broad SMARTS) is 1. The molecule has 1 saturated heterocycles. The number of aromatic nitrogens is 1. The van der Waals surface area contributed by atoms with Gasteiger partial charge in [0, 0.05) is 30.1 Å². The van der Waals surface area contributed by atoms with E-state index in [2.05, 4.69) is 4.98 Å². The number of aliphatic carboxylic acids is 1. The molecule has 1 amide bonds. The van der Waals surface area contributed by atoms with Gasteiger partial charge in [-0.3, -0.25) is 14.4 Å². The number of piperidine rings is 1. The van der Waals surface area contributed by atoms with Crippen molar-refractivity contribution in [2.75, 3.05) is 13.1 Å². The molecule has 2 heterocycles. The summed E-state index contributed by atoms with van der Waals surface area (Å²) in [6.45, 7) is 0.641. The lowest BCUT2D eigenvalue weighted by molar-refractivity contribution is -0.145. The summed E-state index contributed by atoms with van der Waals surface area (Å²) in [6, 6.07) is 17.7. The Kier molecular flexibility index (Phi) is 4.47. The molecule has 1 aliphatic heterocycles. The van der Waals surface area contributed by atoms with E-state index < -0.39 is 11.4 Å². The van der Waals surface area contributed by atoms with E-state index in [0.29, 0.717) is 42.4 Å². The van der Waals surface area contributed by atoms with Crippen LogP contribution in [0.5, 0.6) is 0 Å².